The fraction of sp³-hybridized carbons (Fsp3) is 0.500. The Labute approximate surface area is 83.3 Å². The minimum Gasteiger partial charge on any atom is -0.316 e. The van der Waals surface area contributed by atoms with E-state index in [1.165, 1.54) is 18.4 Å². The maximum absolute atomic E-state index is 6.02. The van der Waals surface area contributed by atoms with Crippen LogP contribution < -0.4 is 5.32 Å². The van der Waals surface area contributed by atoms with Gasteiger partial charge in [-0.05, 0) is 36.9 Å². The predicted molar refractivity (Wildman–Crippen MR) is 54.1 cm³/mol. The summed E-state index contributed by atoms with van der Waals surface area (Å²) in [5.41, 5.74) is 1.19. The molecule has 0 radical (unpaired) electrons. The molecule has 1 aromatic rings. The quantitative estimate of drug-likeness (QED) is 0.697. The van der Waals surface area contributed by atoms with Gasteiger partial charge in [0.05, 0.1) is 0 Å². The van der Waals surface area contributed by atoms with Crippen molar-refractivity contribution in [3.63, 3.8) is 0 Å². The van der Waals surface area contributed by atoms with Crippen LogP contribution in [0.3, 0.4) is 0 Å². The maximum Gasteiger partial charge on any atom is 0.132 e. The van der Waals surface area contributed by atoms with Crippen LogP contribution in [0, 0.1) is 0 Å². The molecule has 0 spiro atoms. The molecule has 0 aliphatic carbocycles. The zero-order valence-corrected chi connectivity index (χ0v) is 8.22. The van der Waals surface area contributed by atoms with Crippen LogP contribution in [0.4, 0.5) is 0 Å². The molecule has 0 saturated carbocycles. The van der Waals surface area contributed by atoms with Crippen LogP contribution in [0.25, 0.3) is 0 Å². The number of piperidine rings is 1. The molecule has 1 atom stereocenters. The normalized spacial score (nSPS) is 23.0. The number of hydrogen-bond acceptors (Lipinski definition) is 2. The van der Waals surface area contributed by atoms with Crippen molar-refractivity contribution in [1.82, 2.24) is 10.3 Å². The Morgan fingerprint density at radius 3 is 3.15 bits per heavy atom. The molecule has 1 aliphatic rings. The lowest BCUT2D eigenvalue weighted by atomic mass is 9.93. The van der Waals surface area contributed by atoms with Gasteiger partial charge >= 0.3 is 0 Å². The molecule has 2 nitrogen and oxygen atoms in total. The SMILES string of the molecule is Clc1ncccc1C1CCCNC1. The average molecular weight is 197 g/mol. The number of rotatable bonds is 1. The van der Waals surface area contributed by atoms with Crippen molar-refractivity contribution in [2.24, 2.45) is 0 Å². The smallest absolute Gasteiger partial charge is 0.132 e. The van der Waals surface area contributed by atoms with Gasteiger partial charge in [0.25, 0.3) is 0 Å². The number of nitrogens with one attached hydrogen (secondary N) is 1. The van der Waals surface area contributed by atoms with Crippen LogP contribution in [0.1, 0.15) is 24.3 Å². The van der Waals surface area contributed by atoms with Gasteiger partial charge < -0.3 is 5.32 Å². The maximum atomic E-state index is 6.02. The minimum absolute atomic E-state index is 0.551. The molecule has 3 heteroatoms. The number of nitrogens with zero attached hydrogens (tertiary/aromatic N) is 1. The van der Waals surface area contributed by atoms with Crippen molar-refractivity contribution in [2.45, 2.75) is 18.8 Å². The Hall–Kier alpha value is -0.600. The van der Waals surface area contributed by atoms with Crippen LogP contribution in [0.2, 0.25) is 5.15 Å². The van der Waals surface area contributed by atoms with Crippen molar-refractivity contribution in [1.29, 1.82) is 0 Å². The van der Waals surface area contributed by atoms with E-state index in [1.54, 1.807) is 6.20 Å². The highest BCUT2D eigenvalue weighted by molar-refractivity contribution is 6.30. The third kappa shape index (κ3) is 2.01. The molecule has 1 aliphatic heterocycles. The Morgan fingerprint density at radius 2 is 2.46 bits per heavy atom. The van der Waals surface area contributed by atoms with Gasteiger partial charge in [0, 0.05) is 12.7 Å². The van der Waals surface area contributed by atoms with Gasteiger partial charge in [-0.3, -0.25) is 0 Å². The van der Waals surface area contributed by atoms with Crippen LogP contribution in [-0.2, 0) is 0 Å². The van der Waals surface area contributed by atoms with Gasteiger partial charge in [-0.25, -0.2) is 4.98 Å². The first-order valence-corrected chi connectivity index (χ1v) is 5.07. The predicted octanol–water partition coefficient (Wildman–Crippen LogP) is 2.20. The monoisotopic (exact) mass is 196 g/mol. The molecule has 0 amide bonds. The van der Waals surface area contributed by atoms with Crippen LogP contribution in [0.15, 0.2) is 18.3 Å². The Morgan fingerprint density at radius 1 is 1.54 bits per heavy atom. The van der Waals surface area contributed by atoms with Gasteiger partial charge in [0.2, 0.25) is 0 Å². The molecule has 2 heterocycles. The lowest BCUT2D eigenvalue weighted by Crippen LogP contribution is -2.28. The molecule has 1 fully saturated rings. The highest BCUT2D eigenvalue weighted by Crippen LogP contribution is 2.27. The lowest BCUT2D eigenvalue weighted by Gasteiger charge is -2.23. The van der Waals surface area contributed by atoms with E-state index in [0.29, 0.717) is 11.1 Å². The summed E-state index contributed by atoms with van der Waals surface area (Å²) in [6.45, 7) is 2.17. The molecule has 1 aromatic heterocycles. The summed E-state index contributed by atoms with van der Waals surface area (Å²) in [5, 5.41) is 4.04. The summed E-state index contributed by atoms with van der Waals surface area (Å²) in [5.74, 6) is 0.551. The lowest BCUT2D eigenvalue weighted by molar-refractivity contribution is 0.461. The molecule has 1 N–H and O–H groups in total. The van der Waals surface area contributed by atoms with E-state index >= 15 is 0 Å². The highest BCUT2D eigenvalue weighted by atomic mass is 35.5. The summed E-state index contributed by atoms with van der Waals surface area (Å²) < 4.78 is 0. The second-order valence-electron chi connectivity index (χ2n) is 3.43. The summed E-state index contributed by atoms with van der Waals surface area (Å²) in [7, 11) is 0. The Bertz CT molecular complexity index is 282. The second-order valence-corrected chi connectivity index (χ2v) is 3.78. The van der Waals surface area contributed by atoms with E-state index in [4.69, 9.17) is 11.6 Å². The van der Waals surface area contributed by atoms with E-state index in [2.05, 4.69) is 16.4 Å². The zero-order chi connectivity index (χ0) is 9.10. The topological polar surface area (TPSA) is 24.9 Å². The molecule has 1 saturated heterocycles. The van der Waals surface area contributed by atoms with Gasteiger partial charge in [-0.1, -0.05) is 17.7 Å². The number of halogens is 1. The van der Waals surface area contributed by atoms with Crippen LogP contribution in [0.5, 0.6) is 0 Å². The molecular formula is C10H13ClN2. The van der Waals surface area contributed by atoms with Crippen molar-refractivity contribution in [3.05, 3.63) is 29.0 Å². The third-order valence-electron chi connectivity index (χ3n) is 2.52. The molecular weight excluding hydrogens is 184 g/mol. The van der Waals surface area contributed by atoms with Gasteiger partial charge in [-0.2, -0.15) is 0 Å². The fourth-order valence-corrected chi connectivity index (χ4v) is 2.09. The largest absolute Gasteiger partial charge is 0.316 e. The van der Waals surface area contributed by atoms with Crippen LogP contribution >= 0.6 is 11.6 Å². The molecule has 70 valence electrons. The fourth-order valence-electron chi connectivity index (χ4n) is 1.82. The minimum atomic E-state index is 0.551. The van der Waals surface area contributed by atoms with E-state index in [-0.39, 0.29) is 0 Å². The second kappa shape index (κ2) is 4.07. The molecule has 1 unspecified atom stereocenters. The standard InChI is InChI=1S/C10H13ClN2/c11-10-9(4-2-6-13-10)8-3-1-5-12-7-8/h2,4,6,8,12H,1,3,5,7H2. The van der Waals surface area contributed by atoms with Gasteiger partial charge in [0.15, 0.2) is 0 Å². The Balaban J connectivity index is 2.18. The number of hydrogen-bond donors (Lipinski definition) is 1. The zero-order valence-electron chi connectivity index (χ0n) is 7.46. The Kier molecular flexibility index (Phi) is 2.81. The van der Waals surface area contributed by atoms with E-state index in [9.17, 15) is 0 Å². The van der Waals surface area contributed by atoms with Crippen molar-refractivity contribution in [2.75, 3.05) is 13.1 Å². The first-order valence-electron chi connectivity index (χ1n) is 4.69. The average Bonchev–Trinajstić information content (AvgIpc) is 2.20. The van der Waals surface area contributed by atoms with Crippen molar-refractivity contribution < 1.29 is 0 Å². The van der Waals surface area contributed by atoms with Gasteiger partial charge in [0.1, 0.15) is 5.15 Å². The molecule has 0 aromatic carbocycles. The summed E-state index contributed by atoms with van der Waals surface area (Å²) >= 11 is 6.02. The summed E-state index contributed by atoms with van der Waals surface area (Å²) in [6, 6.07) is 4.03. The highest BCUT2D eigenvalue weighted by Gasteiger charge is 2.17. The van der Waals surface area contributed by atoms with E-state index in [0.717, 1.165) is 13.1 Å². The van der Waals surface area contributed by atoms with Crippen molar-refractivity contribution >= 4 is 11.6 Å². The van der Waals surface area contributed by atoms with Crippen LogP contribution in [-0.4, -0.2) is 18.1 Å². The third-order valence-corrected chi connectivity index (χ3v) is 2.84. The first kappa shape index (κ1) is 8.97. The number of aromatic nitrogens is 1. The van der Waals surface area contributed by atoms with E-state index in [1.807, 2.05) is 6.07 Å². The molecule has 0 bridgehead atoms. The molecule has 2 rings (SSSR count). The summed E-state index contributed by atoms with van der Waals surface area (Å²) in [4.78, 5) is 4.09. The van der Waals surface area contributed by atoms with Gasteiger partial charge in [-0.15, -0.1) is 0 Å². The summed E-state index contributed by atoms with van der Waals surface area (Å²) in [6.07, 6.45) is 4.19. The van der Waals surface area contributed by atoms with Crippen molar-refractivity contribution in [3.8, 4) is 0 Å². The first-order chi connectivity index (χ1) is 6.38. The number of pyridine rings is 1. The van der Waals surface area contributed by atoms with E-state index < -0.39 is 0 Å². The molecule has 13 heavy (non-hydrogen) atoms.